The van der Waals surface area contributed by atoms with Crippen LogP contribution in [-0.4, -0.2) is 17.9 Å². The lowest BCUT2D eigenvalue weighted by Crippen LogP contribution is -2.55. The van der Waals surface area contributed by atoms with Crippen LogP contribution in [0, 0.1) is 39.9 Å². The molecular formula is C27H40O3. The van der Waals surface area contributed by atoms with Gasteiger partial charge in [-0.25, -0.2) is 0 Å². The summed E-state index contributed by atoms with van der Waals surface area (Å²) in [5.74, 6) is 3.13. The van der Waals surface area contributed by atoms with Gasteiger partial charge in [0.25, 0.3) is 0 Å². The smallest absolute Gasteiger partial charge is 0.302 e. The molecule has 166 valence electrons. The van der Waals surface area contributed by atoms with Crippen LogP contribution in [0.3, 0.4) is 0 Å². The molecule has 4 saturated carbocycles. The minimum atomic E-state index is -0.144. The Hall–Kier alpha value is -1.12. The van der Waals surface area contributed by atoms with Gasteiger partial charge >= 0.3 is 5.97 Å². The zero-order valence-electron chi connectivity index (χ0n) is 19.5. The van der Waals surface area contributed by atoms with Crippen LogP contribution in [0.5, 0.6) is 0 Å². The van der Waals surface area contributed by atoms with E-state index >= 15 is 0 Å². The van der Waals surface area contributed by atoms with Crippen LogP contribution in [0.15, 0.2) is 11.6 Å². The monoisotopic (exact) mass is 412 g/mol. The number of fused-ring (bicyclic) bond motifs is 7. The van der Waals surface area contributed by atoms with Gasteiger partial charge in [0.15, 0.2) is 0 Å². The number of carbonyl (C=O) groups excluding carboxylic acids is 2. The Morgan fingerprint density at radius 3 is 2.53 bits per heavy atom. The van der Waals surface area contributed by atoms with Crippen LogP contribution in [0.2, 0.25) is 0 Å². The predicted octanol–water partition coefficient (Wildman–Crippen LogP) is 6.26. The molecule has 0 amide bonds. The van der Waals surface area contributed by atoms with Crippen LogP contribution in [-0.2, 0) is 14.3 Å². The van der Waals surface area contributed by atoms with Crippen LogP contribution in [0.1, 0.15) is 98.3 Å². The van der Waals surface area contributed by atoms with Crippen molar-refractivity contribution in [3.63, 3.8) is 0 Å². The Morgan fingerprint density at radius 2 is 1.80 bits per heavy atom. The second-order valence-electron chi connectivity index (χ2n) is 11.9. The van der Waals surface area contributed by atoms with E-state index in [-0.39, 0.29) is 28.3 Å². The fourth-order valence-corrected chi connectivity index (χ4v) is 9.76. The van der Waals surface area contributed by atoms with Gasteiger partial charge < -0.3 is 4.74 Å². The third-order valence-electron chi connectivity index (χ3n) is 11.0. The zero-order valence-corrected chi connectivity index (χ0v) is 19.5. The third-order valence-corrected chi connectivity index (χ3v) is 11.0. The van der Waals surface area contributed by atoms with Gasteiger partial charge in [-0.3, -0.25) is 9.59 Å². The van der Waals surface area contributed by atoms with E-state index in [0.717, 1.165) is 37.5 Å². The SMILES string of the molecule is CC(=O)O[C@@H]1CC[C@@]2(C)C(=CC[C@@H]3[C@H]2CC[C@@]2(C)[C@H]3C[C@@H]3CCCC[C@]32C(C)=O)C1. The molecule has 3 heteroatoms. The molecule has 0 saturated heterocycles. The van der Waals surface area contributed by atoms with E-state index in [4.69, 9.17) is 4.74 Å². The highest BCUT2D eigenvalue weighted by molar-refractivity contribution is 5.84. The summed E-state index contributed by atoms with van der Waals surface area (Å²) >= 11 is 0. The molecule has 8 atom stereocenters. The van der Waals surface area contributed by atoms with Crippen molar-refractivity contribution in [2.24, 2.45) is 39.9 Å². The minimum absolute atomic E-state index is 0.0429. The molecule has 30 heavy (non-hydrogen) atoms. The lowest BCUT2D eigenvalue weighted by atomic mass is 9.44. The fraction of sp³-hybridized carbons (Fsp3) is 0.852. The first-order chi connectivity index (χ1) is 14.2. The second kappa shape index (κ2) is 6.94. The molecule has 0 N–H and O–H groups in total. The highest BCUT2D eigenvalue weighted by atomic mass is 16.5. The van der Waals surface area contributed by atoms with Gasteiger partial charge in [0.05, 0.1) is 0 Å². The van der Waals surface area contributed by atoms with Crippen LogP contribution in [0.25, 0.3) is 0 Å². The van der Waals surface area contributed by atoms with Crippen molar-refractivity contribution in [2.45, 2.75) is 104 Å². The Labute approximate surface area is 182 Å². The standard InChI is InChI=1S/C27H40O3/c1-17(28)27-12-6-5-7-20(27)16-24-22-9-8-19-15-21(30-18(2)29)10-13-25(19,3)23(22)11-14-26(24,27)4/h8,20-24H,5-7,9-16H2,1-4H3/t20-,21+,22+,23+,24-,25-,26-,27-/m0/s1. The van der Waals surface area contributed by atoms with Gasteiger partial charge in [-0.15, -0.1) is 0 Å². The van der Waals surface area contributed by atoms with E-state index in [1.54, 1.807) is 5.57 Å². The normalized spacial score (nSPS) is 49.7. The molecule has 5 aliphatic carbocycles. The average molecular weight is 413 g/mol. The molecule has 0 aliphatic heterocycles. The Kier molecular flexibility index (Phi) is 4.80. The average Bonchev–Trinajstić information content (AvgIpc) is 2.98. The maximum absolute atomic E-state index is 13.2. The molecule has 0 aromatic rings. The van der Waals surface area contributed by atoms with Crippen LogP contribution >= 0.6 is 0 Å². The largest absolute Gasteiger partial charge is 0.462 e. The first-order valence-corrected chi connectivity index (χ1v) is 12.6. The summed E-state index contributed by atoms with van der Waals surface area (Å²) in [4.78, 5) is 24.7. The number of hydrogen-bond donors (Lipinski definition) is 0. The van der Waals surface area contributed by atoms with Gasteiger partial charge in [0, 0.05) is 18.8 Å². The summed E-state index contributed by atoms with van der Waals surface area (Å²) in [5, 5.41) is 0. The molecule has 5 rings (SSSR count). The first kappa shape index (κ1) is 20.8. The third kappa shape index (κ3) is 2.62. The number of ketones is 1. The van der Waals surface area contributed by atoms with Crippen LogP contribution in [0.4, 0.5) is 0 Å². The molecule has 4 fully saturated rings. The van der Waals surface area contributed by atoms with E-state index in [9.17, 15) is 9.59 Å². The van der Waals surface area contributed by atoms with Crippen molar-refractivity contribution in [2.75, 3.05) is 0 Å². The summed E-state index contributed by atoms with van der Waals surface area (Å²) in [5.41, 5.74) is 1.97. The topological polar surface area (TPSA) is 43.4 Å². The number of allylic oxidation sites excluding steroid dienone is 1. The number of rotatable bonds is 2. The van der Waals surface area contributed by atoms with Gasteiger partial charge in [-0.05, 0) is 92.8 Å². The molecule has 0 unspecified atom stereocenters. The number of Topliss-reactive ketones (excluding diaryl/α,β-unsaturated/α-hetero) is 1. The van der Waals surface area contributed by atoms with Crippen molar-refractivity contribution in [3.05, 3.63) is 11.6 Å². The van der Waals surface area contributed by atoms with Gasteiger partial charge in [-0.2, -0.15) is 0 Å². The molecule has 5 aliphatic rings. The molecule has 0 bridgehead atoms. The van der Waals surface area contributed by atoms with Crippen molar-refractivity contribution in [3.8, 4) is 0 Å². The van der Waals surface area contributed by atoms with E-state index in [2.05, 4.69) is 19.9 Å². The highest BCUT2D eigenvalue weighted by Gasteiger charge is 2.68. The second-order valence-corrected chi connectivity index (χ2v) is 11.9. The number of esters is 1. The summed E-state index contributed by atoms with van der Waals surface area (Å²) < 4.78 is 5.59. The fourth-order valence-electron chi connectivity index (χ4n) is 9.76. The maximum Gasteiger partial charge on any atom is 0.302 e. The van der Waals surface area contributed by atoms with Gasteiger partial charge in [-0.1, -0.05) is 38.3 Å². The number of hydrogen-bond acceptors (Lipinski definition) is 3. The number of ether oxygens (including phenoxy) is 1. The summed E-state index contributed by atoms with van der Waals surface area (Å²) in [7, 11) is 0. The zero-order chi connectivity index (χ0) is 21.3. The number of carbonyl (C=O) groups is 2. The van der Waals surface area contributed by atoms with Crippen molar-refractivity contribution < 1.29 is 14.3 Å². The molecule has 0 radical (unpaired) electrons. The quantitative estimate of drug-likeness (QED) is 0.397. The van der Waals surface area contributed by atoms with E-state index in [0.29, 0.717) is 17.6 Å². The van der Waals surface area contributed by atoms with E-state index in [1.807, 2.05) is 6.92 Å². The summed E-state index contributed by atoms with van der Waals surface area (Å²) in [6, 6.07) is 0. The molecule has 0 aromatic heterocycles. The Bertz CT molecular complexity index is 783. The highest BCUT2D eigenvalue weighted by Crippen LogP contribution is 2.73. The van der Waals surface area contributed by atoms with Crippen molar-refractivity contribution in [1.29, 1.82) is 0 Å². The lowest BCUT2D eigenvalue weighted by Gasteiger charge is -2.60. The molecule has 0 aromatic carbocycles. The van der Waals surface area contributed by atoms with Crippen molar-refractivity contribution >= 4 is 11.8 Å². The molecular weight excluding hydrogens is 372 g/mol. The first-order valence-electron chi connectivity index (χ1n) is 12.6. The van der Waals surface area contributed by atoms with E-state index < -0.39 is 0 Å². The summed E-state index contributed by atoms with van der Waals surface area (Å²) in [6.07, 6.45) is 15.6. The van der Waals surface area contributed by atoms with Gasteiger partial charge in [0.1, 0.15) is 11.9 Å². The minimum Gasteiger partial charge on any atom is -0.462 e. The molecule has 0 heterocycles. The summed E-state index contributed by atoms with van der Waals surface area (Å²) in [6.45, 7) is 8.46. The van der Waals surface area contributed by atoms with Crippen LogP contribution < -0.4 is 0 Å². The predicted molar refractivity (Wildman–Crippen MR) is 118 cm³/mol. The Morgan fingerprint density at radius 1 is 1.00 bits per heavy atom. The van der Waals surface area contributed by atoms with E-state index in [1.165, 1.54) is 51.9 Å². The maximum atomic E-state index is 13.2. The van der Waals surface area contributed by atoms with Gasteiger partial charge in [0.2, 0.25) is 0 Å². The molecule has 3 nitrogen and oxygen atoms in total. The molecule has 0 spiro atoms. The van der Waals surface area contributed by atoms with Crippen molar-refractivity contribution in [1.82, 2.24) is 0 Å². The lowest BCUT2D eigenvalue weighted by molar-refractivity contribution is -0.151. The Balaban J connectivity index is 1.46.